The summed E-state index contributed by atoms with van der Waals surface area (Å²) in [5.41, 5.74) is -0.379. The molecule has 1 aromatic carbocycles. The first-order valence-corrected chi connectivity index (χ1v) is 8.15. The third-order valence-corrected chi connectivity index (χ3v) is 4.67. The van der Waals surface area contributed by atoms with Gasteiger partial charge in [-0.05, 0) is 18.1 Å². The molecule has 0 unspecified atom stereocenters. The van der Waals surface area contributed by atoms with Gasteiger partial charge in [0.2, 0.25) is 11.8 Å². The van der Waals surface area contributed by atoms with Gasteiger partial charge in [0.15, 0.2) is 11.6 Å². The van der Waals surface area contributed by atoms with Gasteiger partial charge >= 0.3 is 0 Å². The lowest BCUT2D eigenvalue weighted by Crippen LogP contribution is -2.70. The number of carbonyl (C=O) groups is 3. The largest absolute Gasteiger partial charge is 0.342 e. The van der Waals surface area contributed by atoms with Crippen molar-refractivity contribution in [3.63, 3.8) is 0 Å². The molecule has 2 aliphatic heterocycles. The van der Waals surface area contributed by atoms with Crippen LogP contribution in [0.4, 0.5) is 8.78 Å². The molecule has 8 heteroatoms. The average Bonchev–Trinajstić information content (AvgIpc) is 2.59. The molecular weight excluding hydrogens is 332 g/mol. The van der Waals surface area contributed by atoms with E-state index in [9.17, 15) is 23.2 Å². The van der Waals surface area contributed by atoms with E-state index in [1.54, 1.807) is 0 Å². The quantitative estimate of drug-likeness (QED) is 0.856. The normalized spacial score (nSPS) is 23.6. The number of halogens is 2. The molecule has 25 heavy (non-hydrogen) atoms. The molecule has 1 N–H and O–H groups in total. The standard InChI is InChI=1S/C17H19F2N3O3/c1-9(2)14-17(25)22-7-6-21(8-12(22)15(23)20-14)16(24)10-4-3-5-11(18)13(10)19/h3-5,9,12,14H,6-8H2,1-2H3,(H,20,23)/t12-,14-/m1/s1. The second-order valence-corrected chi connectivity index (χ2v) is 6.63. The van der Waals surface area contributed by atoms with Crippen molar-refractivity contribution in [2.45, 2.75) is 25.9 Å². The summed E-state index contributed by atoms with van der Waals surface area (Å²) in [4.78, 5) is 40.1. The van der Waals surface area contributed by atoms with Crippen LogP contribution < -0.4 is 5.32 Å². The highest BCUT2D eigenvalue weighted by Gasteiger charge is 2.45. The fourth-order valence-corrected chi connectivity index (χ4v) is 3.24. The molecule has 3 rings (SSSR count). The lowest BCUT2D eigenvalue weighted by Gasteiger charge is -2.46. The minimum atomic E-state index is -1.21. The van der Waals surface area contributed by atoms with Crippen LogP contribution >= 0.6 is 0 Å². The van der Waals surface area contributed by atoms with Gasteiger partial charge in [-0.1, -0.05) is 19.9 Å². The molecule has 3 amide bonds. The minimum absolute atomic E-state index is 0.0431. The number of piperazine rings is 2. The molecule has 0 radical (unpaired) electrons. The monoisotopic (exact) mass is 351 g/mol. The van der Waals surface area contributed by atoms with E-state index in [4.69, 9.17) is 0 Å². The van der Waals surface area contributed by atoms with Gasteiger partial charge in [0.1, 0.15) is 12.1 Å². The van der Waals surface area contributed by atoms with Crippen LogP contribution in [0.1, 0.15) is 24.2 Å². The summed E-state index contributed by atoms with van der Waals surface area (Å²) in [5.74, 6) is -3.56. The van der Waals surface area contributed by atoms with Gasteiger partial charge in [-0.3, -0.25) is 14.4 Å². The molecule has 2 fully saturated rings. The summed E-state index contributed by atoms with van der Waals surface area (Å²) in [6.07, 6.45) is 0. The second-order valence-electron chi connectivity index (χ2n) is 6.63. The Morgan fingerprint density at radius 2 is 1.96 bits per heavy atom. The van der Waals surface area contributed by atoms with E-state index in [-0.39, 0.29) is 42.9 Å². The molecule has 2 aliphatic rings. The maximum absolute atomic E-state index is 13.9. The molecule has 0 aromatic heterocycles. The number of hydrogen-bond acceptors (Lipinski definition) is 3. The molecule has 0 spiro atoms. The molecule has 1 aromatic rings. The first-order valence-electron chi connectivity index (χ1n) is 8.15. The summed E-state index contributed by atoms with van der Waals surface area (Å²) in [6.45, 7) is 3.99. The zero-order chi connectivity index (χ0) is 18.3. The third kappa shape index (κ3) is 2.96. The summed E-state index contributed by atoms with van der Waals surface area (Å²) >= 11 is 0. The molecule has 6 nitrogen and oxygen atoms in total. The van der Waals surface area contributed by atoms with Gasteiger partial charge < -0.3 is 15.1 Å². The maximum atomic E-state index is 13.9. The zero-order valence-electron chi connectivity index (χ0n) is 14.0. The van der Waals surface area contributed by atoms with E-state index in [1.807, 2.05) is 13.8 Å². The predicted octanol–water partition coefficient (Wildman–Crippen LogP) is 0.772. The van der Waals surface area contributed by atoms with E-state index in [0.717, 1.165) is 6.07 Å². The molecule has 2 atom stereocenters. The van der Waals surface area contributed by atoms with Crippen LogP contribution in [0.25, 0.3) is 0 Å². The fraction of sp³-hybridized carbons (Fsp3) is 0.471. The van der Waals surface area contributed by atoms with Crippen LogP contribution in [0, 0.1) is 17.6 Å². The Balaban J connectivity index is 1.79. The van der Waals surface area contributed by atoms with Crippen molar-refractivity contribution < 1.29 is 23.2 Å². The van der Waals surface area contributed by atoms with Crippen molar-refractivity contribution >= 4 is 17.7 Å². The Morgan fingerprint density at radius 3 is 2.64 bits per heavy atom. The third-order valence-electron chi connectivity index (χ3n) is 4.67. The van der Waals surface area contributed by atoms with Crippen molar-refractivity contribution in [3.05, 3.63) is 35.4 Å². The number of rotatable bonds is 2. The van der Waals surface area contributed by atoms with Crippen molar-refractivity contribution in [1.29, 1.82) is 0 Å². The van der Waals surface area contributed by atoms with Crippen molar-refractivity contribution in [2.24, 2.45) is 5.92 Å². The van der Waals surface area contributed by atoms with Crippen LogP contribution in [0.2, 0.25) is 0 Å². The number of amides is 3. The number of nitrogens with zero attached hydrogens (tertiary/aromatic N) is 2. The molecule has 2 saturated heterocycles. The highest BCUT2D eigenvalue weighted by atomic mass is 19.2. The maximum Gasteiger partial charge on any atom is 0.257 e. The molecule has 134 valence electrons. The first-order chi connectivity index (χ1) is 11.8. The Morgan fingerprint density at radius 1 is 1.24 bits per heavy atom. The topological polar surface area (TPSA) is 69.7 Å². The van der Waals surface area contributed by atoms with Gasteiger partial charge in [-0.15, -0.1) is 0 Å². The molecule has 0 aliphatic carbocycles. The number of nitrogens with one attached hydrogen (secondary N) is 1. The van der Waals surface area contributed by atoms with Gasteiger partial charge in [-0.25, -0.2) is 8.78 Å². The lowest BCUT2D eigenvalue weighted by atomic mass is 9.96. The average molecular weight is 351 g/mol. The summed E-state index contributed by atoms with van der Waals surface area (Å²) in [6, 6.07) is 2.01. The van der Waals surface area contributed by atoms with E-state index < -0.39 is 29.6 Å². The van der Waals surface area contributed by atoms with Crippen molar-refractivity contribution in [2.75, 3.05) is 19.6 Å². The number of fused-ring (bicyclic) bond motifs is 1. The number of benzene rings is 1. The van der Waals surface area contributed by atoms with Gasteiger partial charge in [0, 0.05) is 13.1 Å². The molecule has 0 bridgehead atoms. The SMILES string of the molecule is CC(C)[C@H]1NC(=O)[C@H]2CN(C(=O)c3cccc(F)c3F)CCN2C1=O. The highest BCUT2D eigenvalue weighted by Crippen LogP contribution is 2.22. The van der Waals surface area contributed by atoms with Gasteiger partial charge in [-0.2, -0.15) is 0 Å². The van der Waals surface area contributed by atoms with Crippen molar-refractivity contribution in [1.82, 2.24) is 15.1 Å². The van der Waals surface area contributed by atoms with E-state index >= 15 is 0 Å². The Labute approximate surface area is 143 Å². The smallest absolute Gasteiger partial charge is 0.257 e. The zero-order valence-corrected chi connectivity index (χ0v) is 14.0. The number of hydrogen-bond donors (Lipinski definition) is 1. The van der Waals surface area contributed by atoms with Gasteiger partial charge in [0.25, 0.3) is 5.91 Å². The Kier molecular flexibility index (Phi) is 4.45. The van der Waals surface area contributed by atoms with Crippen LogP contribution in [0.3, 0.4) is 0 Å². The number of carbonyl (C=O) groups excluding carboxylic acids is 3. The van der Waals surface area contributed by atoms with E-state index in [2.05, 4.69) is 5.32 Å². The fourth-order valence-electron chi connectivity index (χ4n) is 3.24. The van der Waals surface area contributed by atoms with Crippen LogP contribution in [-0.4, -0.2) is 59.2 Å². The Hall–Kier alpha value is -2.51. The molecule has 2 heterocycles. The summed E-state index contributed by atoms with van der Waals surface area (Å²) in [7, 11) is 0. The minimum Gasteiger partial charge on any atom is -0.342 e. The summed E-state index contributed by atoms with van der Waals surface area (Å²) < 4.78 is 27.2. The summed E-state index contributed by atoms with van der Waals surface area (Å²) in [5, 5.41) is 2.68. The van der Waals surface area contributed by atoms with Crippen LogP contribution in [0.5, 0.6) is 0 Å². The van der Waals surface area contributed by atoms with Crippen LogP contribution in [-0.2, 0) is 9.59 Å². The Bertz CT molecular complexity index is 738. The van der Waals surface area contributed by atoms with Crippen molar-refractivity contribution in [3.8, 4) is 0 Å². The van der Waals surface area contributed by atoms with Gasteiger partial charge in [0.05, 0.1) is 12.1 Å². The predicted molar refractivity (Wildman–Crippen MR) is 84.5 cm³/mol. The van der Waals surface area contributed by atoms with E-state index in [1.165, 1.54) is 21.9 Å². The first kappa shape index (κ1) is 17.3. The lowest BCUT2D eigenvalue weighted by molar-refractivity contribution is -0.153. The molecule has 0 saturated carbocycles. The van der Waals surface area contributed by atoms with E-state index in [0.29, 0.717) is 0 Å². The second kappa shape index (κ2) is 6.42. The highest BCUT2D eigenvalue weighted by molar-refractivity contribution is 5.99. The van der Waals surface area contributed by atoms with Crippen LogP contribution in [0.15, 0.2) is 18.2 Å². The molecular formula is C17H19F2N3O3.